The van der Waals surface area contributed by atoms with E-state index in [0.717, 1.165) is 4.47 Å². The first-order chi connectivity index (χ1) is 5.24. The number of nitrogens with one attached hydrogen (secondary N) is 2. The van der Waals surface area contributed by atoms with Crippen molar-refractivity contribution in [1.82, 2.24) is 10.2 Å². The number of carbonyl (C=O) groups is 1. The third-order valence-electron chi connectivity index (χ3n) is 1.18. The summed E-state index contributed by atoms with van der Waals surface area (Å²) in [5, 5.41) is 9.00. The fourth-order valence-electron chi connectivity index (χ4n) is 0.587. The molecule has 0 aromatic carbocycles. The van der Waals surface area contributed by atoms with E-state index in [2.05, 4.69) is 31.4 Å². The number of aromatic amines is 1. The average molecular weight is 218 g/mol. The molecule has 5 heteroatoms. The molecule has 1 heterocycles. The Bertz CT molecular complexity index is 258. The summed E-state index contributed by atoms with van der Waals surface area (Å²) in [5.74, 6) is 0.576. The number of H-pyrrole nitrogens is 1. The second-order valence-corrected chi connectivity index (χ2v) is 2.85. The molecule has 0 atom stereocenters. The minimum absolute atomic E-state index is 0.0325. The van der Waals surface area contributed by atoms with Gasteiger partial charge in [-0.25, -0.2) is 0 Å². The molecule has 11 heavy (non-hydrogen) atoms. The molecular weight excluding hydrogens is 210 g/mol. The number of carbonyl (C=O) groups excluding carboxylic acids is 1. The minimum atomic E-state index is -0.0325. The van der Waals surface area contributed by atoms with E-state index in [4.69, 9.17) is 0 Å². The van der Waals surface area contributed by atoms with Gasteiger partial charge < -0.3 is 5.32 Å². The van der Waals surface area contributed by atoms with E-state index in [1.54, 1.807) is 13.1 Å². The van der Waals surface area contributed by atoms with Gasteiger partial charge >= 0.3 is 0 Å². The quantitative estimate of drug-likeness (QED) is 0.790. The highest BCUT2D eigenvalue weighted by molar-refractivity contribution is 9.10. The van der Waals surface area contributed by atoms with Crippen LogP contribution in [0.15, 0.2) is 10.7 Å². The summed E-state index contributed by atoms with van der Waals surface area (Å²) in [6.07, 6.45) is 2.05. The molecule has 0 unspecified atom stereocenters. The maximum absolute atomic E-state index is 10.9. The molecule has 4 nitrogen and oxygen atoms in total. The smallest absolute Gasteiger partial charge is 0.225 e. The van der Waals surface area contributed by atoms with Crippen molar-refractivity contribution in [2.24, 2.45) is 0 Å². The molecule has 0 aliphatic heterocycles. The predicted molar refractivity (Wildman–Crippen MR) is 45.2 cm³/mol. The van der Waals surface area contributed by atoms with Gasteiger partial charge in [-0.2, -0.15) is 5.10 Å². The maximum Gasteiger partial charge on any atom is 0.225 e. The van der Waals surface area contributed by atoms with Crippen LogP contribution in [0.5, 0.6) is 0 Å². The molecule has 0 aliphatic rings. The maximum atomic E-state index is 10.9. The highest BCUT2D eigenvalue weighted by Gasteiger charge is 2.03. The average Bonchev–Trinajstić information content (AvgIpc) is 2.37. The number of halogens is 1. The van der Waals surface area contributed by atoms with Crippen molar-refractivity contribution >= 4 is 27.7 Å². The number of aromatic nitrogens is 2. The van der Waals surface area contributed by atoms with Gasteiger partial charge in [-0.15, -0.1) is 0 Å². The van der Waals surface area contributed by atoms with Crippen molar-refractivity contribution in [2.45, 2.75) is 13.3 Å². The third-order valence-corrected chi connectivity index (χ3v) is 1.78. The lowest BCUT2D eigenvalue weighted by atomic mass is 10.4. The van der Waals surface area contributed by atoms with Gasteiger partial charge in [0.1, 0.15) is 5.82 Å². The van der Waals surface area contributed by atoms with Crippen LogP contribution >= 0.6 is 15.9 Å². The van der Waals surface area contributed by atoms with Crippen LogP contribution in [0.3, 0.4) is 0 Å². The molecule has 60 valence electrons. The van der Waals surface area contributed by atoms with Gasteiger partial charge in [0.2, 0.25) is 5.91 Å². The van der Waals surface area contributed by atoms with Gasteiger partial charge in [-0.05, 0) is 15.9 Å². The Hall–Kier alpha value is -0.840. The number of nitrogens with zero attached hydrogens (tertiary/aromatic N) is 1. The molecule has 0 saturated heterocycles. The Morgan fingerprint density at radius 2 is 2.64 bits per heavy atom. The van der Waals surface area contributed by atoms with E-state index in [-0.39, 0.29) is 5.91 Å². The third kappa shape index (κ3) is 2.04. The van der Waals surface area contributed by atoms with Crippen LogP contribution < -0.4 is 5.32 Å². The topological polar surface area (TPSA) is 57.8 Å². The van der Waals surface area contributed by atoms with Crippen LogP contribution in [-0.4, -0.2) is 16.1 Å². The van der Waals surface area contributed by atoms with E-state index < -0.39 is 0 Å². The second-order valence-electron chi connectivity index (χ2n) is 1.99. The van der Waals surface area contributed by atoms with Gasteiger partial charge in [0.25, 0.3) is 0 Å². The highest BCUT2D eigenvalue weighted by atomic mass is 79.9. The van der Waals surface area contributed by atoms with E-state index in [1.165, 1.54) is 0 Å². The lowest BCUT2D eigenvalue weighted by Crippen LogP contribution is -2.09. The lowest BCUT2D eigenvalue weighted by Gasteiger charge is -1.98. The summed E-state index contributed by atoms with van der Waals surface area (Å²) in [5.41, 5.74) is 0. The van der Waals surface area contributed by atoms with Crippen molar-refractivity contribution < 1.29 is 4.79 Å². The van der Waals surface area contributed by atoms with Gasteiger partial charge in [0.05, 0.1) is 10.7 Å². The molecule has 1 aromatic rings. The predicted octanol–water partition coefficient (Wildman–Crippen LogP) is 1.52. The first-order valence-corrected chi connectivity index (χ1v) is 4.02. The highest BCUT2D eigenvalue weighted by Crippen LogP contribution is 2.17. The Balaban J connectivity index is 2.64. The van der Waals surface area contributed by atoms with Crippen LogP contribution in [0.4, 0.5) is 5.82 Å². The molecule has 1 amide bonds. The van der Waals surface area contributed by atoms with Crippen LogP contribution in [0, 0.1) is 0 Å². The van der Waals surface area contributed by atoms with Gasteiger partial charge in [0, 0.05) is 6.42 Å². The normalized spacial score (nSPS) is 9.64. The molecule has 0 radical (unpaired) electrons. The molecule has 1 rings (SSSR count). The van der Waals surface area contributed by atoms with Crippen molar-refractivity contribution in [1.29, 1.82) is 0 Å². The van der Waals surface area contributed by atoms with E-state index in [1.807, 2.05) is 0 Å². The molecule has 0 saturated carbocycles. The summed E-state index contributed by atoms with van der Waals surface area (Å²) in [6.45, 7) is 1.79. The zero-order valence-electron chi connectivity index (χ0n) is 6.02. The largest absolute Gasteiger partial charge is 0.310 e. The van der Waals surface area contributed by atoms with Gasteiger partial charge in [-0.1, -0.05) is 6.92 Å². The van der Waals surface area contributed by atoms with E-state index in [0.29, 0.717) is 12.2 Å². The summed E-state index contributed by atoms with van der Waals surface area (Å²) >= 11 is 3.22. The number of hydrogen-bond donors (Lipinski definition) is 2. The van der Waals surface area contributed by atoms with Crippen molar-refractivity contribution in [2.75, 3.05) is 5.32 Å². The molecule has 0 aliphatic carbocycles. The van der Waals surface area contributed by atoms with Gasteiger partial charge in [0.15, 0.2) is 0 Å². The fourth-order valence-corrected chi connectivity index (χ4v) is 0.877. The van der Waals surface area contributed by atoms with Crippen LogP contribution in [0.1, 0.15) is 13.3 Å². The Kier molecular flexibility index (Phi) is 2.64. The molecule has 1 aromatic heterocycles. The monoisotopic (exact) mass is 217 g/mol. The standard InChI is InChI=1S/C6H8BrN3O/c1-2-5(11)9-6-4(7)3-8-10-6/h3H,2H2,1H3,(H2,8,9,10,11). The number of hydrogen-bond acceptors (Lipinski definition) is 2. The number of rotatable bonds is 2. The lowest BCUT2D eigenvalue weighted by molar-refractivity contribution is -0.115. The number of amides is 1. The summed E-state index contributed by atoms with van der Waals surface area (Å²) < 4.78 is 0.763. The van der Waals surface area contributed by atoms with Crippen LogP contribution in [0.2, 0.25) is 0 Å². The van der Waals surface area contributed by atoms with E-state index in [9.17, 15) is 4.79 Å². The second kappa shape index (κ2) is 3.52. The first-order valence-electron chi connectivity index (χ1n) is 3.22. The minimum Gasteiger partial charge on any atom is -0.310 e. The summed E-state index contributed by atoms with van der Waals surface area (Å²) in [7, 11) is 0. The summed E-state index contributed by atoms with van der Waals surface area (Å²) in [6, 6.07) is 0. The Morgan fingerprint density at radius 3 is 3.09 bits per heavy atom. The zero-order chi connectivity index (χ0) is 8.27. The van der Waals surface area contributed by atoms with E-state index >= 15 is 0 Å². The zero-order valence-corrected chi connectivity index (χ0v) is 7.60. The number of anilines is 1. The van der Waals surface area contributed by atoms with Crippen molar-refractivity contribution in [3.05, 3.63) is 10.7 Å². The molecule has 0 bridgehead atoms. The molecule has 0 spiro atoms. The first kappa shape index (κ1) is 8.26. The molecule has 2 N–H and O–H groups in total. The Morgan fingerprint density at radius 1 is 1.91 bits per heavy atom. The van der Waals surface area contributed by atoms with Crippen LogP contribution in [-0.2, 0) is 4.79 Å². The SMILES string of the molecule is CCC(=O)Nc1[nH]ncc1Br. The molecular formula is C6H8BrN3O. The van der Waals surface area contributed by atoms with Gasteiger partial charge in [-0.3, -0.25) is 9.89 Å². The fraction of sp³-hybridized carbons (Fsp3) is 0.333. The summed E-state index contributed by atoms with van der Waals surface area (Å²) in [4.78, 5) is 10.9. The Labute approximate surface area is 72.5 Å². The van der Waals surface area contributed by atoms with Crippen molar-refractivity contribution in [3.8, 4) is 0 Å². The van der Waals surface area contributed by atoms with Crippen LogP contribution in [0.25, 0.3) is 0 Å². The van der Waals surface area contributed by atoms with Crippen molar-refractivity contribution in [3.63, 3.8) is 0 Å². The molecule has 0 fully saturated rings.